The summed E-state index contributed by atoms with van der Waals surface area (Å²) in [7, 11) is 1.15. The van der Waals surface area contributed by atoms with Crippen molar-refractivity contribution >= 4 is 0 Å². The fourth-order valence-corrected chi connectivity index (χ4v) is 1.31. The van der Waals surface area contributed by atoms with E-state index in [1.165, 1.54) is 0 Å². The molecule has 0 bridgehead atoms. The van der Waals surface area contributed by atoms with Gasteiger partial charge in [0, 0.05) is 11.6 Å². The molecule has 0 saturated carbocycles. The van der Waals surface area contributed by atoms with Crippen molar-refractivity contribution in [2.45, 2.75) is 12.0 Å². The van der Waals surface area contributed by atoms with Crippen molar-refractivity contribution < 1.29 is 28.1 Å². The SMILES string of the molecule is COc1cc(F)cc([C@@H](N)C(F)(F)CO)c1O. The van der Waals surface area contributed by atoms with Gasteiger partial charge in [0.15, 0.2) is 11.5 Å². The first kappa shape index (κ1) is 13.6. The molecular formula is C10H12F3NO3. The summed E-state index contributed by atoms with van der Waals surface area (Å²) in [5.41, 5.74) is 4.66. The third-order valence-corrected chi connectivity index (χ3v) is 2.29. The quantitative estimate of drug-likeness (QED) is 0.750. The standard InChI is InChI=1S/C10H12F3NO3/c1-17-7-3-5(11)2-6(8(7)16)9(14)10(12,13)4-15/h2-3,9,15-16H,4,14H2,1H3/t9-/m1/s1. The molecule has 0 aromatic heterocycles. The average molecular weight is 251 g/mol. The van der Waals surface area contributed by atoms with Crippen LogP contribution in [0.15, 0.2) is 12.1 Å². The summed E-state index contributed by atoms with van der Waals surface area (Å²) in [6, 6.07) is -0.522. The molecule has 0 saturated heterocycles. The minimum absolute atomic E-state index is 0.302. The van der Waals surface area contributed by atoms with Crippen molar-refractivity contribution in [2.24, 2.45) is 5.73 Å². The highest BCUT2D eigenvalue weighted by Crippen LogP contribution is 2.39. The molecule has 0 radical (unpaired) electrons. The lowest BCUT2D eigenvalue weighted by Crippen LogP contribution is -2.36. The first-order chi connectivity index (χ1) is 7.83. The van der Waals surface area contributed by atoms with Crippen molar-refractivity contribution in [3.8, 4) is 11.5 Å². The van der Waals surface area contributed by atoms with Crippen LogP contribution in [0.5, 0.6) is 11.5 Å². The van der Waals surface area contributed by atoms with Crippen molar-refractivity contribution in [3.63, 3.8) is 0 Å². The molecule has 0 aliphatic heterocycles. The Balaban J connectivity index is 3.26. The topological polar surface area (TPSA) is 75.7 Å². The van der Waals surface area contributed by atoms with Crippen molar-refractivity contribution in [3.05, 3.63) is 23.5 Å². The first-order valence-electron chi connectivity index (χ1n) is 4.64. The van der Waals surface area contributed by atoms with E-state index < -0.39 is 35.7 Å². The van der Waals surface area contributed by atoms with Gasteiger partial charge >= 0.3 is 0 Å². The zero-order chi connectivity index (χ0) is 13.2. The van der Waals surface area contributed by atoms with Gasteiger partial charge < -0.3 is 20.7 Å². The molecule has 0 spiro atoms. The summed E-state index contributed by atoms with van der Waals surface area (Å²) < 4.78 is 44.0. The van der Waals surface area contributed by atoms with Crippen LogP contribution in [-0.4, -0.2) is 29.9 Å². The Bertz CT molecular complexity index is 412. The molecule has 4 N–H and O–H groups in total. The second-order valence-corrected chi connectivity index (χ2v) is 3.44. The van der Waals surface area contributed by atoms with E-state index in [2.05, 4.69) is 4.74 Å². The maximum Gasteiger partial charge on any atom is 0.289 e. The normalized spacial score (nSPS) is 13.5. The number of hydrogen-bond donors (Lipinski definition) is 3. The lowest BCUT2D eigenvalue weighted by atomic mass is 10.00. The number of phenolic OH excluding ortho intramolecular Hbond substituents is 1. The molecule has 7 heteroatoms. The summed E-state index contributed by atoms with van der Waals surface area (Å²) in [5, 5.41) is 18.0. The highest BCUT2D eigenvalue weighted by Gasteiger charge is 2.39. The number of ether oxygens (including phenoxy) is 1. The van der Waals surface area contributed by atoms with Crippen LogP contribution in [0, 0.1) is 5.82 Å². The van der Waals surface area contributed by atoms with Crippen LogP contribution in [0.4, 0.5) is 13.2 Å². The Kier molecular flexibility index (Phi) is 3.84. The number of aliphatic hydroxyl groups excluding tert-OH is 1. The molecule has 1 atom stereocenters. The summed E-state index contributed by atoms with van der Waals surface area (Å²) in [6.45, 7) is -1.51. The molecule has 0 amide bonds. The third kappa shape index (κ3) is 2.62. The molecule has 1 rings (SSSR count). The van der Waals surface area contributed by atoms with Gasteiger partial charge in [0.25, 0.3) is 5.92 Å². The van der Waals surface area contributed by atoms with Crippen LogP contribution in [0.1, 0.15) is 11.6 Å². The first-order valence-corrected chi connectivity index (χ1v) is 4.64. The molecule has 0 heterocycles. The molecular weight excluding hydrogens is 239 g/mol. The number of aromatic hydroxyl groups is 1. The molecule has 0 aliphatic rings. The van der Waals surface area contributed by atoms with Gasteiger partial charge in [-0.2, -0.15) is 0 Å². The van der Waals surface area contributed by atoms with Gasteiger partial charge in [-0.25, -0.2) is 13.2 Å². The molecule has 1 aromatic rings. The van der Waals surface area contributed by atoms with Crippen LogP contribution in [0.3, 0.4) is 0 Å². The van der Waals surface area contributed by atoms with E-state index in [4.69, 9.17) is 10.8 Å². The van der Waals surface area contributed by atoms with E-state index in [1.807, 2.05) is 0 Å². The Morgan fingerprint density at radius 3 is 2.53 bits per heavy atom. The van der Waals surface area contributed by atoms with Crippen LogP contribution in [0.2, 0.25) is 0 Å². The van der Waals surface area contributed by atoms with E-state index in [-0.39, 0.29) is 5.75 Å². The van der Waals surface area contributed by atoms with Crippen molar-refractivity contribution in [1.29, 1.82) is 0 Å². The smallest absolute Gasteiger partial charge is 0.289 e. The largest absolute Gasteiger partial charge is 0.504 e. The van der Waals surface area contributed by atoms with Crippen LogP contribution in [-0.2, 0) is 0 Å². The number of nitrogens with two attached hydrogens (primary N) is 1. The van der Waals surface area contributed by atoms with E-state index in [0.29, 0.717) is 6.07 Å². The predicted molar refractivity (Wildman–Crippen MR) is 53.6 cm³/mol. The van der Waals surface area contributed by atoms with Gasteiger partial charge in [0.2, 0.25) is 0 Å². The molecule has 0 unspecified atom stereocenters. The lowest BCUT2D eigenvalue weighted by molar-refractivity contribution is -0.0716. The van der Waals surface area contributed by atoms with Gasteiger partial charge in [0.05, 0.1) is 7.11 Å². The molecule has 96 valence electrons. The second-order valence-electron chi connectivity index (χ2n) is 3.44. The maximum absolute atomic E-state index is 13.1. The molecule has 0 aliphatic carbocycles. The fraction of sp³-hybridized carbons (Fsp3) is 0.400. The number of alkyl halides is 2. The minimum Gasteiger partial charge on any atom is -0.504 e. The highest BCUT2D eigenvalue weighted by molar-refractivity contribution is 5.47. The van der Waals surface area contributed by atoms with E-state index in [0.717, 1.165) is 13.2 Å². The maximum atomic E-state index is 13.1. The number of methoxy groups -OCH3 is 1. The highest BCUT2D eigenvalue weighted by atomic mass is 19.3. The zero-order valence-corrected chi connectivity index (χ0v) is 8.95. The second kappa shape index (κ2) is 4.80. The summed E-state index contributed by atoms with van der Waals surface area (Å²) >= 11 is 0. The minimum atomic E-state index is -3.67. The van der Waals surface area contributed by atoms with E-state index >= 15 is 0 Å². The number of rotatable bonds is 4. The molecule has 17 heavy (non-hydrogen) atoms. The lowest BCUT2D eigenvalue weighted by Gasteiger charge is -2.23. The molecule has 1 aromatic carbocycles. The number of hydrogen-bond acceptors (Lipinski definition) is 4. The molecule has 4 nitrogen and oxygen atoms in total. The van der Waals surface area contributed by atoms with E-state index in [9.17, 15) is 18.3 Å². The monoisotopic (exact) mass is 251 g/mol. The Morgan fingerprint density at radius 1 is 1.47 bits per heavy atom. The Morgan fingerprint density at radius 2 is 2.06 bits per heavy atom. The summed E-state index contributed by atoms with van der Waals surface area (Å²) in [4.78, 5) is 0. The van der Waals surface area contributed by atoms with Crippen molar-refractivity contribution in [1.82, 2.24) is 0 Å². The predicted octanol–water partition coefficient (Wildman–Crippen LogP) is 1.17. The number of benzene rings is 1. The number of halogens is 3. The van der Waals surface area contributed by atoms with Crippen LogP contribution < -0.4 is 10.5 Å². The van der Waals surface area contributed by atoms with Gasteiger partial charge in [-0.05, 0) is 6.07 Å². The van der Waals surface area contributed by atoms with E-state index in [1.54, 1.807) is 0 Å². The molecule has 0 fully saturated rings. The van der Waals surface area contributed by atoms with Crippen molar-refractivity contribution in [2.75, 3.05) is 13.7 Å². The number of phenols is 1. The fourth-order valence-electron chi connectivity index (χ4n) is 1.31. The number of aliphatic hydroxyl groups is 1. The van der Waals surface area contributed by atoms with Crippen LogP contribution >= 0.6 is 0 Å². The van der Waals surface area contributed by atoms with Gasteiger partial charge in [0.1, 0.15) is 18.5 Å². The van der Waals surface area contributed by atoms with Gasteiger partial charge in [-0.15, -0.1) is 0 Å². The average Bonchev–Trinajstić information content (AvgIpc) is 2.30. The Hall–Kier alpha value is -1.47. The Labute approximate surface area is 95.4 Å². The van der Waals surface area contributed by atoms with Crippen LogP contribution in [0.25, 0.3) is 0 Å². The zero-order valence-electron chi connectivity index (χ0n) is 8.95. The third-order valence-electron chi connectivity index (χ3n) is 2.29. The summed E-state index contributed by atoms with van der Waals surface area (Å²) in [5.74, 6) is -5.52. The van der Waals surface area contributed by atoms with Gasteiger partial charge in [-0.1, -0.05) is 0 Å². The van der Waals surface area contributed by atoms with Gasteiger partial charge in [-0.3, -0.25) is 0 Å². The summed E-state index contributed by atoms with van der Waals surface area (Å²) in [6.07, 6.45) is 0.